The summed E-state index contributed by atoms with van der Waals surface area (Å²) in [6.07, 6.45) is -0.355. The average Bonchev–Trinajstić information content (AvgIpc) is 2.55. The Morgan fingerprint density at radius 3 is 2.35 bits per heavy atom. The fraction of sp³-hybridized carbons (Fsp3) is 0.278. The van der Waals surface area contributed by atoms with Crippen molar-refractivity contribution < 1.29 is 19.4 Å². The molecule has 2 rings (SSSR count). The Balaban J connectivity index is 2.00. The van der Waals surface area contributed by atoms with E-state index in [2.05, 4.69) is 0 Å². The molecule has 0 saturated carbocycles. The first-order valence-electron chi connectivity index (χ1n) is 7.21. The number of halogens is 1. The minimum Gasteiger partial charge on any atom is -0.493 e. The lowest BCUT2D eigenvalue weighted by Crippen LogP contribution is -2.16. The highest BCUT2D eigenvalue weighted by Gasteiger charge is 2.14. The number of hydrogen-bond donors (Lipinski definition) is 1. The first-order chi connectivity index (χ1) is 11.0. The van der Waals surface area contributed by atoms with E-state index in [0.717, 1.165) is 5.56 Å². The Morgan fingerprint density at radius 1 is 1.09 bits per heavy atom. The number of ether oxygens (including phenoxy) is 2. The van der Waals surface area contributed by atoms with Crippen LogP contribution in [0, 0.1) is 0 Å². The second-order valence-electron chi connectivity index (χ2n) is 5.18. The summed E-state index contributed by atoms with van der Waals surface area (Å²) in [6, 6.07) is 12.1. The molecule has 0 aliphatic heterocycles. The predicted molar refractivity (Wildman–Crippen MR) is 89.7 cm³/mol. The normalized spacial score (nSPS) is 11.8. The van der Waals surface area contributed by atoms with E-state index in [-0.39, 0.29) is 12.2 Å². The van der Waals surface area contributed by atoms with Crippen molar-refractivity contribution in [2.75, 3.05) is 14.2 Å². The SMILES string of the molecule is COc1ccc(CC(O)CC(=O)c2ccc(Cl)cc2)cc1OC. The van der Waals surface area contributed by atoms with Crippen molar-refractivity contribution in [3.63, 3.8) is 0 Å². The van der Waals surface area contributed by atoms with Gasteiger partial charge in [0.15, 0.2) is 17.3 Å². The van der Waals surface area contributed by atoms with Crippen LogP contribution in [0.25, 0.3) is 0 Å². The Labute approximate surface area is 140 Å². The summed E-state index contributed by atoms with van der Waals surface area (Å²) in [7, 11) is 3.12. The third-order valence-electron chi connectivity index (χ3n) is 3.51. The number of carbonyl (C=O) groups is 1. The predicted octanol–water partition coefficient (Wildman–Crippen LogP) is 3.53. The summed E-state index contributed by atoms with van der Waals surface area (Å²) in [6.45, 7) is 0. The van der Waals surface area contributed by atoms with Crippen LogP contribution in [0.1, 0.15) is 22.3 Å². The van der Waals surface area contributed by atoms with Gasteiger partial charge in [0.2, 0.25) is 0 Å². The lowest BCUT2D eigenvalue weighted by atomic mass is 10.00. The minimum absolute atomic E-state index is 0.0516. The van der Waals surface area contributed by atoms with E-state index >= 15 is 0 Å². The second-order valence-corrected chi connectivity index (χ2v) is 5.62. The number of ketones is 1. The number of aliphatic hydroxyl groups is 1. The number of carbonyl (C=O) groups excluding carboxylic acids is 1. The van der Waals surface area contributed by atoms with Gasteiger partial charge in [-0.05, 0) is 48.4 Å². The molecule has 1 unspecified atom stereocenters. The maximum atomic E-state index is 12.1. The third kappa shape index (κ3) is 4.71. The zero-order valence-electron chi connectivity index (χ0n) is 13.1. The zero-order chi connectivity index (χ0) is 16.8. The number of hydrogen-bond acceptors (Lipinski definition) is 4. The molecular weight excluding hydrogens is 316 g/mol. The standard InChI is InChI=1S/C18H19ClO4/c1-22-17-8-3-12(10-18(17)23-2)9-15(20)11-16(21)13-4-6-14(19)7-5-13/h3-8,10,15,20H,9,11H2,1-2H3. The summed E-state index contributed by atoms with van der Waals surface area (Å²) in [4.78, 5) is 12.1. The second kappa shape index (κ2) is 7.99. The van der Waals surface area contributed by atoms with Gasteiger partial charge >= 0.3 is 0 Å². The van der Waals surface area contributed by atoms with Crippen molar-refractivity contribution in [1.82, 2.24) is 0 Å². The highest BCUT2D eigenvalue weighted by molar-refractivity contribution is 6.30. The van der Waals surface area contributed by atoms with Crippen LogP contribution in [0.2, 0.25) is 5.02 Å². The molecule has 122 valence electrons. The van der Waals surface area contributed by atoms with Gasteiger partial charge < -0.3 is 14.6 Å². The average molecular weight is 335 g/mol. The first-order valence-corrected chi connectivity index (χ1v) is 7.59. The number of Topliss-reactive ketones (excluding diaryl/α,β-unsaturated/α-hetero) is 1. The van der Waals surface area contributed by atoms with Gasteiger partial charge in [0.25, 0.3) is 0 Å². The number of methoxy groups -OCH3 is 2. The largest absolute Gasteiger partial charge is 0.493 e. The molecule has 0 radical (unpaired) electrons. The molecule has 4 nitrogen and oxygen atoms in total. The summed E-state index contributed by atoms with van der Waals surface area (Å²) in [5.41, 5.74) is 1.42. The molecule has 0 aromatic heterocycles. The number of aliphatic hydroxyl groups excluding tert-OH is 1. The van der Waals surface area contributed by atoms with Crippen LogP contribution in [0.3, 0.4) is 0 Å². The van der Waals surface area contributed by atoms with Crippen molar-refractivity contribution in [2.24, 2.45) is 0 Å². The van der Waals surface area contributed by atoms with E-state index in [1.165, 1.54) is 0 Å². The van der Waals surface area contributed by atoms with E-state index in [1.54, 1.807) is 50.6 Å². The smallest absolute Gasteiger partial charge is 0.165 e. The quantitative estimate of drug-likeness (QED) is 0.787. The van der Waals surface area contributed by atoms with Crippen molar-refractivity contribution in [1.29, 1.82) is 0 Å². The summed E-state index contributed by atoms with van der Waals surface area (Å²) in [5.74, 6) is 1.11. The molecule has 0 saturated heterocycles. The van der Waals surface area contributed by atoms with Crippen LogP contribution < -0.4 is 9.47 Å². The number of rotatable bonds is 7. The molecule has 1 atom stereocenters. The van der Waals surface area contributed by atoms with Gasteiger partial charge in [0, 0.05) is 17.0 Å². The van der Waals surface area contributed by atoms with Gasteiger partial charge in [0.1, 0.15) is 0 Å². The fourth-order valence-corrected chi connectivity index (χ4v) is 2.45. The molecule has 0 bridgehead atoms. The molecule has 0 aliphatic rings. The monoisotopic (exact) mass is 334 g/mol. The van der Waals surface area contributed by atoms with Gasteiger partial charge in [-0.1, -0.05) is 17.7 Å². The highest BCUT2D eigenvalue weighted by Crippen LogP contribution is 2.28. The van der Waals surface area contributed by atoms with Gasteiger partial charge in [0.05, 0.1) is 20.3 Å². The summed E-state index contributed by atoms with van der Waals surface area (Å²) >= 11 is 5.80. The van der Waals surface area contributed by atoms with Crippen LogP contribution in [0.4, 0.5) is 0 Å². The van der Waals surface area contributed by atoms with Crippen molar-refractivity contribution in [2.45, 2.75) is 18.9 Å². The first kappa shape index (κ1) is 17.3. The molecule has 0 aliphatic carbocycles. The van der Waals surface area contributed by atoms with Gasteiger partial charge in [-0.3, -0.25) is 4.79 Å². The Bertz CT molecular complexity index is 667. The molecule has 0 amide bonds. The molecule has 0 fully saturated rings. The van der Waals surface area contributed by atoms with E-state index in [9.17, 15) is 9.90 Å². The van der Waals surface area contributed by atoms with Crippen LogP contribution in [0.5, 0.6) is 11.5 Å². The topological polar surface area (TPSA) is 55.8 Å². The van der Waals surface area contributed by atoms with Crippen LogP contribution in [-0.2, 0) is 6.42 Å². The molecule has 1 N–H and O–H groups in total. The summed E-state index contributed by atoms with van der Waals surface area (Å²) < 4.78 is 10.4. The van der Waals surface area contributed by atoms with Gasteiger partial charge in [-0.15, -0.1) is 0 Å². The molecule has 5 heteroatoms. The van der Waals surface area contributed by atoms with Crippen molar-refractivity contribution in [3.05, 3.63) is 58.6 Å². The molecule has 0 heterocycles. The summed E-state index contributed by atoms with van der Waals surface area (Å²) in [5, 5.41) is 10.7. The van der Waals surface area contributed by atoms with E-state index in [4.69, 9.17) is 21.1 Å². The fourth-order valence-electron chi connectivity index (χ4n) is 2.32. The maximum Gasteiger partial charge on any atom is 0.165 e. The lowest BCUT2D eigenvalue weighted by molar-refractivity contribution is 0.0881. The molecule has 2 aromatic carbocycles. The third-order valence-corrected chi connectivity index (χ3v) is 3.76. The van der Waals surface area contributed by atoms with Gasteiger partial charge in [-0.2, -0.15) is 0 Å². The number of benzene rings is 2. The molecule has 0 spiro atoms. The Morgan fingerprint density at radius 2 is 1.74 bits per heavy atom. The van der Waals surface area contributed by atoms with Crippen LogP contribution in [0.15, 0.2) is 42.5 Å². The van der Waals surface area contributed by atoms with Crippen LogP contribution in [-0.4, -0.2) is 31.2 Å². The van der Waals surface area contributed by atoms with Gasteiger partial charge in [-0.25, -0.2) is 0 Å². The van der Waals surface area contributed by atoms with Crippen molar-refractivity contribution in [3.8, 4) is 11.5 Å². The zero-order valence-corrected chi connectivity index (χ0v) is 13.8. The Kier molecular flexibility index (Phi) is 6.02. The highest BCUT2D eigenvalue weighted by atomic mass is 35.5. The minimum atomic E-state index is -0.767. The van der Waals surface area contributed by atoms with Crippen molar-refractivity contribution >= 4 is 17.4 Å². The van der Waals surface area contributed by atoms with E-state index in [0.29, 0.717) is 28.5 Å². The van der Waals surface area contributed by atoms with Crippen LogP contribution >= 0.6 is 11.6 Å². The maximum absolute atomic E-state index is 12.1. The molecule has 2 aromatic rings. The molecule has 23 heavy (non-hydrogen) atoms. The lowest BCUT2D eigenvalue weighted by Gasteiger charge is -2.13. The van der Waals surface area contributed by atoms with E-state index < -0.39 is 6.10 Å². The Hall–Kier alpha value is -2.04. The molecular formula is C18H19ClO4. The van der Waals surface area contributed by atoms with E-state index in [1.807, 2.05) is 6.07 Å².